The van der Waals surface area contributed by atoms with E-state index in [2.05, 4.69) is 12.2 Å². The average molecular weight is 254 g/mol. The zero-order chi connectivity index (χ0) is 13.6. The number of hydrogen-bond donors (Lipinski definition) is 2. The Kier molecular flexibility index (Phi) is 6.13. The lowest BCUT2D eigenvalue weighted by Crippen LogP contribution is -2.39. The largest absolute Gasteiger partial charge is 0.353 e. The first-order valence-electron chi connectivity index (χ1n) is 7.49. The highest BCUT2D eigenvalue weighted by Gasteiger charge is 2.22. The molecule has 0 bridgehead atoms. The molecule has 1 fully saturated rings. The van der Waals surface area contributed by atoms with Crippen LogP contribution in [0.3, 0.4) is 0 Å². The van der Waals surface area contributed by atoms with E-state index < -0.39 is 0 Å². The normalized spacial score (nSPS) is 24.9. The number of amides is 1. The van der Waals surface area contributed by atoms with Gasteiger partial charge in [0.2, 0.25) is 5.91 Å². The molecule has 0 aromatic heterocycles. The number of carbonyl (C=O) groups is 1. The summed E-state index contributed by atoms with van der Waals surface area (Å²) >= 11 is 0. The van der Waals surface area contributed by atoms with Crippen molar-refractivity contribution in [2.24, 2.45) is 11.7 Å². The standard InChI is InChI=1S/C15H30N2O/c1-4-5-12-6-8-13(9-7-12)17-14(18)10-11-15(2,3)16/h12-13H,4-11,16H2,1-3H3,(H,17,18). The Balaban J connectivity index is 2.18. The van der Waals surface area contributed by atoms with Crippen molar-refractivity contribution in [2.45, 2.75) is 83.7 Å². The summed E-state index contributed by atoms with van der Waals surface area (Å²) in [5.74, 6) is 1.07. The van der Waals surface area contributed by atoms with Crippen molar-refractivity contribution in [3.8, 4) is 0 Å². The average Bonchev–Trinajstić information content (AvgIpc) is 2.29. The van der Waals surface area contributed by atoms with Gasteiger partial charge in [-0.05, 0) is 51.9 Å². The van der Waals surface area contributed by atoms with Crippen LogP contribution in [0.25, 0.3) is 0 Å². The minimum Gasteiger partial charge on any atom is -0.353 e. The first-order chi connectivity index (χ1) is 8.40. The fourth-order valence-corrected chi connectivity index (χ4v) is 2.74. The first-order valence-corrected chi connectivity index (χ1v) is 7.49. The molecule has 1 aliphatic rings. The molecule has 0 aromatic rings. The molecular weight excluding hydrogens is 224 g/mol. The topological polar surface area (TPSA) is 55.1 Å². The summed E-state index contributed by atoms with van der Waals surface area (Å²) in [7, 11) is 0. The van der Waals surface area contributed by atoms with E-state index in [-0.39, 0.29) is 11.4 Å². The van der Waals surface area contributed by atoms with E-state index in [1.54, 1.807) is 0 Å². The zero-order valence-electron chi connectivity index (χ0n) is 12.3. The molecule has 1 amide bonds. The number of rotatable bonds is 6. The van der Waals surface area contributed by atoms with E-state index in [0.29, 0.717) is 12.5 Å². The highest BCUT2D eigenvalue weighted by Crippen LogP contribution is 2.27. The van der Waals surface area contributed by atoms with Crippen LogP contribution in [0.1, 0.15) is 72.1 Å². The number of nitrogens with two attached hydrogens (primary N) is 1. The van der Waals surface area contributed by atoms with Gasteiger partial charge in [0.05, 0.1) is 0 Å². The van der Waals surface area contributed by atoms with Crippen molar-refractivity contribution in [1.82, 2.24) is 5.32 Å². The Morgan fingerprint density at radius 3 is 2.39 bits per heavy atom. The monoisotopic (exact) mass is 254 g/mol. The second-order valence-corrected chi connectivity index (χ2v) is 6.56. The van der Waals surface area contributed by atoms with Gasteiger partial charge in [0.1, 0.15) is 0 Å². The quantitative estimate of drug-likeness (QED) is 0.765. The third-order valence-corrected chi connectivity index (χ3v) is 3.91. The molecular formula is C15H30N2O. The van der Waals surface area contributed by atoms with Crippen molar-refractivity contribution in [2.75, 3.05) is 0 Å². The second kappa shape index (κ2) is 7.13. The second-order valence-electron chi connectivity index (χ2n) is 6.56. The Labute approximate surface area is 112 Å². The summed E-state index contributed by atoms with van der Waals surface area (Å²) in [4.78, 5) is 11.8. The van der Waals surface area contributed by atoms with Gasteiger partial charge in [-0.1, -0.05) is 19.8 Å². The van der Waals surface area contributed by atoms with Crippen LogP contribution in [0, 0.1) is 5.92 Å². The van der Waals surface area contributed by atoms with Crippen molar-refractivity contribution in [3.63, 3.8) is 0 Å². The molecule has 0 aliphatic heterocycles. The molecule has 3 nitrogen and oxygen atoms in total. The summed E-state index contributed by atoms with van der Waals surface area (Å²) in [6, 6.07) is 0.409. The van der Waals surface area contributed by atoms with Gasteiger partial charge in [-0.3, -0.25) is 4.79 Å². The third kappa shape index (κ3) is 6.39. The van der Waals surface area contributed by atoms with E-state index in [4.69, 9.17) is 5.73 Å². The maximum atomic E-state index is 11.8. The summed E-state index contributed by atoms with van der Waals surface area (Å²) in [6.07, 6.45) is 8.81. The number of nitrogens with one attached hydrogen (secondary N) is 1. The Bertz CT molecular complexity index is 250. The van der Waals surface area contributed by atoms with Gasteiger partial charge in [0, 0.05) is 18.0 Å². The lowest BCUT2D eigenvalue weighted by Gasteiger charge is -2.29. The van der Waals surface area contributed by atoms with Gasteiger partial charge in [0.25, 0.3) is 0 Å². The molecule has 18 heavy (non-hydrogen) atoms. The predicted molar refractivity (Wildman–Crippen MR) is 76.3 cm³/mol. The van der Waals surface area contributed by atoms with E-state index in [1.807, 2.05) is 13.8 Å². The summed E-state index contributed by atoms with van der Waals surface area (Å²) in [6.45, 7) is 6.19. The lowest BCUT2D eigenvalue weighted by molar-refractivity contribution is -0.122. The lowest BCUT2D eigenvalue weighted by atomic mass is 9.83. The van der Waals surface area contributed by atoms with Gasteiger partial charge >= 0.3 is 0 Å². The van der Waals surface area contributed by atoms with Crippen LogP contribution in [0.15, 0.2) is 0 Å². The van der Waals surface area contributed by atoms with Crippen molar-refractivity contribution < 1.29 is 4.79 Å². The molecule has 0 radical (unpaired) electrons. The fourth-order valence-electron chi connectivity index (χ4n) is 2.74. The summed E-state index contributed by atoms with van der Waals surface area (Å²) in [5.41, 5.74) is 5.65. The minimum atomic E-state index is -0.240. The maximum absolute atomic E-state index is 11.8. The molecule has 0 atom stereocenters. The predicted octanol–water partition coefficient (Wildman–Crippen LogP) is 2.98. The minimum absolute atomic E-state index is 0.174. The van der Waals surface area contributed by atoms with Gasteiger partial charge < -0.3 is 11.1 Å². The van der Waals surface area contributed by atoms with E-state index in [1.165, 1.54) is 25.7 Å². The highest BCUT2D eigenvalue weighted by molar-refractivity contribution is 5.76. The fraction of sp³-hybridized carbons (Fsp3) is 0.933. The van der Waals surface area contributed by atoms with Crippen molar-refractivity contribution >= 4 is 5.91 Å². The zero-order valence-corrected chi connectivity index (χ0v) is 12.3. The summed E-state index contributed by atoms with van der Waals surface area (Å²) in [5, 5.41) is 3.16. The molecule has 3 heteroatoms. The van der Waals surface area contributed by atoms with Crippen LogP contribution in [0.5, 0.6) is 0 Å². The Morgan fingerprint density at radius 1 is 1.28 bits per heavy atom. The van der Waals surface area contributed by atoms with Gasteiger partial charge in [-0.2, -0.15) is 0 Å². The van der Waals surface area contributed by atoms with E-state index in [9.17, 15) is 4.79 Å². The van der Waals surface area contributed by atoms with Gasteiger partial charge in [0.15, 0.2) is 0 Å². The molecule has 3 N–H and O–H groups in total. The molecule has 0 heterocycles. The Hall–Kier alpha value is -0.570. The Morgan fingerprint density at radius 2 is 1.89 bits per heavy atom. The molecule has 0 aromatic carbocycles. The molecule has 0 saturated heterocycles. The van der Waals surface area contributed by atoms with Crippen LogP contribution in [0.2, 0.25) is 0 Å². The maximum Gasteiger partial charge on any atom is 0.220 e. The smallest absolute Gasteiger partial charge is 0.220 e. The highest BCUT2D eigenvalue weighted by atomic mass is 16.1. The first kappa shape index (κ1) is 15.5. The van der Waals surface area contributed by atoms with E-state index in [0.717, 1.165) is 25.2 Å². The van der Waals surface area contributed by atoms with Gasteiger partial charge in [-0.25, -0.2) is 0 Å². The van der Waals surface area contributed by atoms with Crippen LogP contribution in [-0.2, 0) is 4.79 Å². The van der Waals surface area contributed by atoms with Crippen LogP contribution in [-0.4, -0.2) is 17.5 Å². The van der Waals surface area contributed by atoms with Gasteiger partial charge in [-0.15, -0.1) is 0 Å². The summed E-state index contributed by atoms with van der Waals surface area (Å²) < 4.78 is 0. The molecule has 1 aliphatic carbocycles. The molecule has 1 rings (SSSR count). The SMILES string of the molecule is CCCC1CCC(NC(=O)CCC(C)(C)N)CC1. The molecule has 0 spiro atoms. The molecule has 0 unspecified atom stereocenters. The van der Waals surface area contributed by atoms with Crippen LogP contribution < -0.4 is 11.1 Å². The molecule has 106 valence electrons. The van der Waals surface area contributed by atoms with Crippen molar-refractivity contribution in [1.29, 1.82) is 0 Å². The van der Waals surface area contributed by atoms with E-state index >= 15 is 0 Å². The van der Waals surface area contributed by atoms with Crippen molar-refractivity contribution in [3.05, 3.63) is 0 Å². The van der Waals surface area contributed by atoms with Crippen LogP contribution in [0.4, 0.5) is 0 Å². The number of hydrogen-bond acceptors (Lipinski definition) is 2. The number of carbonyl (C=O) groups excluding carboxylic acids is 1. The third-order valence-electron chi connectivity index (χ3n) is 3.91. The molecule has 1 saturated carbocycles. The van der Waals surface area contributed by atoms with Crippen LogP contribution >= 0.6 is 0 Å².